The highest BCUT2D eigenvalue weighted by Gasteiger charge is 2.17. The van der Waals surface area contributed by atoms with Crippen molar-refractivity contribution in [1.29, 1.82) is 0 Å². The van der Waals surface area contributed by atoms with Crippen LogP contribution in [-0.4, -0.2) is 22.9 Å². The molecule has 1 aromatic rings. The van der Waals surface area contributed by atoms with E-state index in [4.69, 9.17) is 5.73 Å². The number of methoxy groups -OCH3 is 1. The number of hydrogen-bond acceptors (Lipinski definition) is 4. The molecule has 0 aliphatic carbocycles. The number of nitrogens with zero attached hydrogens (tertiary/aromatic N) is 2. The van der Waals surface area contributed by atoms with Gasteiger partial charge >= 0.3 is 5.97 Å². The fraction of sp³-hybridized carbons (Fsp3) is 0.600. The van der Waals surface area contributed by atoms with Crippen molar-refractivity contribution in [3.8, 4) is 0 Å². The van der Waals surface area contributed by atoms with Crippen LogP contribution in [0.4, 0.5) is 0 Å². The Kier molecular flexibility index (Phi) is 3.85. The lowest BCUT2D eigenvalue weighted by Gasteiger charge is -2.06. The quantitative estimate of drug-likeness (QED) is 0.745. The molecule has 2 N–H and O–H groups in total. The van der Waals surface area contributed by atoms with Gasteiger partial charge in [0.05, 0.1) is 13.3 Å². The first-order chi connectivity index (χ1) is 7.04. The van der Waals surface area contributed by atoms with E-state index in [1.807, 2.05) is 0 Å². The molecule has 84 valence electrons. The second-order valence-corrected chi connectivity index (χ2v) is 3.89. The molecule has 1 heterocycles. The fourth-order valence-corrected chi connectivity index (χ4v) is 1.28. The zero-order valence-electron chi connectivity index (χ0n) is 9.30. The van der Waals surface area contributed by atoms with Gasteiger partial charge < -0.3 is 10.5 Å². The molecule has 0 aliphatic heterocycles. The Morgan fingerprint density at radius 2 is 2.33 bits per heavy atom. The number of ether oxygens (including phenoxy) is 1. The van der Waals surface area contributed by atoms with Crippen LogP contribution >= 0.6 is 0 Å². The Balaban J connectivity index is 2.71. The van der Waals surface area contributed by atoms with Gasteiger partial charge in [-0.05, 0) is 5.92 Å². The van der Waals surface area contributed by atoms with Crippen molar-refractivity contribution in [1.82, 2.24) is 9.78 Å². The van der Waals surface area contributed by atoms with Gasteiger partial charge in [-0.2, -0.15) is 5.10 Å². The molecule has 5 heteroatoms. The molecular weight excluding hydrogens is 194 g/mol. The molecule has 15 heavy (non-hydrogen) atoms. The maximum Gasteiger partial charge on any atom is 0.327 e. The number of rotatable bonds is 4. The summed E-state index contributed by atoms with van der Waals surface area (Å²) in [6.07, 6.45) is 3.38. The summed E-state index contributed by atoms with van der Waals surface area (Å²) in [5.74, 6) is 0.0613. The third kappa shape index (κ3) is 3.06. The number of carbonyl (C=O) groups is 1. The van der Waals surface area contributed by atoms with Crippen LogP contribution in [0.15, 0.2) is 12.4 Å². The molecule has 1 unspecified atom stereocenters. The normalized spacial score (nSPS) is 12.9. The van der Waals surface area contributed by atoms with Gasteiger partial charge in [-0.25, -0.2) is 0 Å². The molecule has 1 aromatic heterocycles. The van der Waals surface area contributed by atoms with Crippen LogP contribution in [0.2, 0.25) is 0 Å². The standard InChI is InChI=1S/C10H17N3O2/c1-7(2)5-13-6-8(4-12-13)9(11)10(14)15-3/h4,6-7,9H,5,11H2,1-3H3. The predicted octanol–water partition coefficient (Wildman–Crippen LogP) is 0.712. The smallest absolute Gasteiger partial charge is 0.327 e. The van der Waals surface area contributed by atoms with Gasteiger partial charge in [-0.3, -0.25) is 9.48 Å². The minimum atomic E-state index is -0.740. The molecular formula is C10H17N3O2. The molecule has 0 aromatic carbocycles. The van der Waals surface area contributed by atoms with Crippen LogP contribution < -0.4 is 5.73 Å². The lowest BCUT2D eigenvalue weighted by molar-refractivity contribution is -0.142. The van der Waals surface area contributed by atoms with Crippen molar-refractivity contribution >= 4 is 5.97 Å². The minimum absolute atomic E-state index is 0.445. The summed E-state index contributed by atoms with van der Waals surface area (Å²) in [5.41, 5.74) is 6.35. The monoisotopic (exact) mass is 211 g/mol. The van der Waals surface area contributed by atoms with Crippen LogP contribution in [0.1, 0.15) is 25.5 Å². The van der Waals surface area contributed by atoms with Gasteiger partial charge in [0.1, 0.15) is 6.04 Å². The third-order valence-corrected chi connectivity index (χ3v) is 2.02. The minimum Gasteiger partial charge on any atom is -0.468 e. The number of nitrogens with two attached hydrogens (primary N) is 1. The third-order valence-electron chi connectivity index (χ3n) is 2.02. The van der Waals surface area contributed by atoms with Crippen molar-refractivity contribution in [2.45, 2.75) is 26.4 Å². The van der Waals surface area contributed by atoms with Crippen molar-refractivity contribution in [3.05, 3.63) is 18.0 Å². The van der Waals surface area contributed by atoms with Gasteiger partial charge in [0, 0.05) is 18.3 Å². The van der Waals surface area contributed by atoms with E-state index in [1.165, 1.54) is 7.11 Å². The molecule has 1 atom stereocenters. The lowest BCUT2D eigenvalue weighted by Crippen LogP contribution is -2.22. The SMILES string of the molecule is COC(=O)C(N)c1cnn(CC(C)C)c1. The molecule has 0 radical (unpaired) electrons. The van der Waals surface area contributed by atoms with Crippen LogP contribution in [0, 0.1) is 5.92 Å². The average Bonchev–Trinajstić information content (AvgIpc) is 2.63. The van der Waals surface area contributed by atoms with E-state index in [1.54, 1.807) is 17.1 Å². The summed E-state index contributed by atoms with van der Waals surface area (Å²) in [6.45, 7) is 5.01. The van der Waals surface area contributed by atoms with Crippen LogP contribution in [0.5, 0.6) is 0 Å². The van der Waals surface area contributed by atoms with Crippen molar-refractivity contribution in [2.75, 3.05) is 7.11 Å². The molecule has 0 bridgehead atoms. The zero-order valence-corrected chi connectivity index (χ0v) is 9.30. The van der Waals surface area contributed by atoms with Crippen molar-refractivity contribution < 1.29 is 9.53 Å². The Bertz CT molecular complexity index is 333. The predicted molar refractivity (Wildman–Crippen MR) is 56.0 cm³/mol. The summed E-state index contributed by atoms with van der Waals surface area (Å²) in [5, 5.41) is 4.12. The zero-order chi connectivity index (χ0) is 11.4. The average molecular weight is 211 g/mol. The molecule has 0 saturated heterocycles. The van der Waals surface area contributed by atoms with Gasteiger partial charge in [0.2, 0.25) is 0 Å². The van der Waals surface area contributed by atoms with Gasteiger partial charge in [0.15, 0.2) is 0 Å². The molecule has 0 fully saturated rings. The number of hydrogen-bond donors (Lipinski definition) is 1. The molecule has 0 saturated carbocycles. The topological polar surface area (TPSA) is 70.1 Å². The second kappa shape index (κ2) is 4.93. The fourth-order valence-electron chi connectivity index (χ4n) is 1.28. The first-order valence-corrected chi connectivity index (χ1v) is 4.90. The molecule has 5 nitrogen and oxygen atoms in total. The van der Waals surface area contributed by atoms with Crippen LogP contribution in [0.3, 0.4) is 0 Å². The Hall–Kier alpha value is -1.36. The summed E-state index contributed by atoms with van der Waals surface area (Å²) >= 11 is 0. The van der Waals surface area contributed by atoms with Crippen LogP contribution in [-0.2, 0) is 16.1 Å². The second-order valence-electron chi connectivity index (χ2n) is 3.89. The van der Waals surface area contributed by atoms with E-state index < -0.39 is 12.0 Å². The molecule has 0 aliphatic rings. The van der Waals surface area contributed by atoms with E-state index in [0.717, 1.165) is 6.54 Å². The van der Waals surface area contributed by atoms with Gasteiger partial charge in [-0.15, -0.1) is 0 Å². The van der Waals surface area contributed by atoms with Crippen LogP contribution in [0.25, 0.3) is 0 Å². The lowest BCUT2D eigenvalue weighted by atomic mass is 10.2. The summed E-state index contributed by atoms with van der Waals surface area (Å²) in [4.78, 5) is 11.2. The summed E-state index contributed by atoms with van der Waals surface area (Å²) in [7, 11) is 1.32. The van der Waals surface area contributed by atoms with Gasteiger partial charge in [-0.1, -0.05) is 13.8 Å². The van der Waals surface area contributed by atoms with Crippen molar-refractivity contribution in [3.63, 3.8) is 0 Å². The highest BCUT2D eigenvalue weighted by atomic mass is 16.5. The Morgan fingerprint density at radius 3 is 2.87 bits per heavy atom. The number of esters is 1. The highest BCUT2D eigenvalue weighted by Crippen LogP contribution is 2.11. The Morgan fingerprint density at radius 1 is 1.67 bits per heavy atom. The largest absolute Gasteiger partial charge is 0.468 e. The Labute approximate surface area is 89.2 Å². The first-order valence-electron chi connectivity index (χ1n) is 4.90. The van der Waals surface area contributed by atoms with Gasteiger partial charge in [0.25, 0.3) is 0 Å². The highest BCUT2D eigenvalue weighted by molar-refractivity contribution is 5.76. The molecule has 0 amide bonds. The molecule has 0 spiro atoms. The van der Waals surface area contributed by atoms with Crippen molar-refractivity contribution in [2.24, 2.45) is 11.7 Å². The van der Waals surface area contributed by atoms with E-state index in [2.05, 4.69) is 23.7 Å². The van der Waals surface area contributed by atoms with E-state index in [9.17, 15) is 4.79 Å². The first kappa shape index (κ1) is 11.7. The van der Waals surface area contributed by atoms with E-state index in [-0.39, 0.29) is 0 Å². The molecule has 1 rings (SSSR count). The van der Waals surface area contributed by atoms with E-state index >= 15 is 0 Å². The maximum absolute atomic E-state index is 11.2. The number of aromatic nitrogens is 2. The van der Waals surface area contributed by atoms with E-state index in [0.29, 0.717) is 11.5 Å². The summed E-state index contributed by atoms with van der Waals surface area (Å²) in [6, 6.07) is -0.740. The number of carbonyl (C=O) groups excluding carboxylic acids is 1. The summed E-state index contributed by atoms with van der Waals surface area (Å²) < 4.78 is 6.34. The maximum atomic E-state index is 11.2.